The highest BCUT2D eigenvalue weighted by Crippen LogP contribution is 2.32. The molecule has 1 aromatic carbocycles. The minimum Gasteiger partial charge on any atom is -0.378 e. The molecule has 0 bridgehead atoms. The quantitative estimate of drug-likeness (QED) is 0.428. The molecule has 200 valence electrons. The van der Waals surface area contributed by atoms with E-state index in [1.807, 2.05) is 0 Å². The number of imidazole rings is 1. The first kappa shape index (κ1) is 24.6. The lowest BCUT2D eigenvalue weighted by Crippen LogP contribution is -2.44. The number of hydrogen-bond acceptors (Lipinski definition) is 8. The largest absolute Gasteiger partial charge is 0.378 e. The van der Waals surface area contributed by atoms with Crippen molar-refractivity contribution in [1.82, 2.24) is 28.9 Å². The molecule has 6 rings (SSSR count). The van der Waals surface area contributed by atoms with Crippen LogP contribution in [0.5, 0.6) is 0 Å². The van der Waals surface area contributed by atoms with Crippen LogP contribution in [0.3, 0.4) is 0 Å². The number of rotatable bonds is 6. The summed E-state index contributed by atoms with van der Waals surface area (Å²) in [6.45, 7) is 3.86. The molecular weight excluding hydrogens is 490 g/mol. The second kappa shape index (κ2) is 9.84. The van der Waals surface area contributed by atoms with Gasteiger partial charge in [0.15, 0.2) is 16.9 Å². The van der Waals surface area contributed by atoms with Crippen molar-refractivity contribution in [2.75, 3.05) is 50.8 Å². The van der Waals surface area contributed by atoms with E-state index in [2.05, 4.69) is 10.2 Å². The van der Waals surface area contributed by atoms with Crippen LogP contribution in [0.2, 0.25) is 0 Å². The van der Waals surface area contributed by atoms with Gasteiger partial charge in [0.05, 0.1) is 19.8 Å². The number of Topliss-reactive ketones (excluding diaryl/α,β-unsaturated/α-hetero) is 1. The summed E-state index contributed by atoms with van der Waals surface area (Å²) in [6, 6.07) is 8.76. The van der Waals surface area contributed by atoms with E-state index in [4.69, 9.17) is 9.72 Å². The number of nitrogens with one attached hydrogen (secondary N) is 1. The number of hydrogen-bond donors (Lipinski definition) is 1. The van der Waals surface area contributed by atoms with Gasteiger partial charge in [-0.2, -0.15) is 4.98 Å². The average molecular weight is 522 g/mol. The Morgan fingerprint density at radius 3 is 2.55 bits per heavy atom. The molecule has 2 unspecified atom stereocenters. The summed E-state index contributed by atoms with van der Waals surface area (Å²) in [4.78, 5) is 62.1. The highest BCUT2D eigenvalue weighted by Gasteiger charge is 2.40. The van der Waals surface area contributed by atoms with Gasteiger partial charge in [-0.25, -0.2) is 4.79 Å². The minimum atomic E-state index is -0.624. The van der Waals surface area contributed by atoms with Crippen LogP contribution in [-0.4, -0.2) is 87.3 Å². The zero-order valence-electron chi connectivity index (χ0n) is 21.3. The number of carbonyl (C=O) groups excluding carboxylic acids is 2. The number of fused-ring (bicyclic) bond motifs is 2. The number of benzene rings is 1. The van der Waals surface area contributed by atoms with Crippen LogP contribution in [0.25, 0.3) is 11.2 Å². The molecule has 0 radical (unpaired) electrons. The van der Waals surface area contributed by atoms with E-state index in [-0.39, 0.29) is 35.4 Å². The van der Waals surface area contributed by atoms with Crippen molar-refractivity contribution in [2.24, 2.45) is 13.0 Å². The van der Waals surface area contributed by atoms with Crippen molar-refractivity contribution in [3.63, 3.8) is 0 Å². The van der Waals surface area contributed by atoms with E-state index in [1.165, 1.54) is 4.57 Å². The predicted molar refractivity (Wildman–Crippen MR) is 140 cm³/mol. The number of morpholine rings is 1. The highest BCUT2D eigenvalue weighted by atomic mass is 16.5. The molecule has 3 aromatic rings. The zero-order valence-corrected chi connectivity index (χ0v) is 21.3. The van der Waals surface area contributed by atoms with Crippen LogP contribution in [0.15, 0.2) is 39.9 Å². The van der Waals surface area contributed by atoms with Crippen molar-refractivity contribution in [1.29, 1.82) is 0 Å². The number of amides is 1. The van der Waals surface area contributed by atoms with E-state index in [9.17, 15) is 19.2 Å². The second-order valence-electron chi connectivity index (χ2n) is 10.2. The fourth-order valence-corrected chi connectivity index (χ4v) is 5.87. The standard InChI is InChI=1S/C26H31N7O5/c1-29-23-22(24(36)33(26(29)37)15-20(34)17-5-3-2-4-6-17)32(16-21(35)30-9-11-38-12-10-30)25(28-23)31-8-7-18-13-27-14-19(18)31/h2-6,18-19,27H,7-16H2,1H3. The fourth-order valence-electron chi connectivity index (χ4n) is 5.87. The zero-order chi connectivity index (χ0) is 26.4. The summed E-state index contributed by atoms with van der Waals surface area (Å²) in [5, 5.41) is 3.42. The molecule has 0 aliphatic carbocycles. The molecule has 3 fully saturated rings. The van der Waals surface area contributed by atoms with Crippen molar-refractivity contribution in [3.05, 3.63) is 56.7 Å². The summed E-state index contributed by atoms with van der Waals surface area (Å²) >= 11 is 0. The minimum absolute atomic E-state index is 0.0901. The van der Waals surface area contributed by atoms with Gasteiger partial charge in [0, 0.05) is 51.4 Å². The summed E-state index contributed by atoms with van der Waals surface area (Å²) in [6.07, 6.45) is 0.979. The summed E-state index contributed by atoms with van der Waals surface area (Å²) < 4.78 is 9.29. The van der Waals surface area contributed by atoms with Gasteiger partial charge in [0.2, 0.25) is 11.9 Å². The molecule has 3 aliphatic heterocycles. The maximum atomic E-state index is 13.9. The Morgan fingerprint density at radius 2 is 1.79 bits per heavy atom. The molecule has 1 N–H and O–H groups in total. The number of aryl methyl sites for hydroxylation is 1. The van der Waals surface area contributed by atoms with E-state index in [0.29, 0.717) is 43.7 Å². The fraction of sp³-hybridized carbons (Fsp3) is 0.500. The Labute approximate surface area is 218 Å². The van der Waals surface area contributed by atoms with Crippen LogP contribution >= 0.6 is 0 Å². The van der Waals surface area contributed by atoms with Crippen molar-refractivity contribution in [2.45, 2.75) is 25.6 Å². The number of anilines is 1. The first-order chi connectivity index (χ1) is 18.4. The van der Waals surface area contributed by atoms with Gasteiger partial charge in [0.25, 0.3) is 5.56 Å². The highest BCUT2D eigenvalue weighted by molar-refractivity contribution is 5.96. The molecule has 1 amide bonds. The van der Waals surface area contributed by atoms with Crippen LogP contribution in [0.4, 0.5) is 5.95 Å². The monoisotopic (exact) mass is 521 g/mol. The lowest BCUT2D eigenvalue weighted by Gasteiger charge is -2.29. The normalized spacial score (nSPS) is 21.3. The molecule has 2 atom stereocenters. The van der Waals surface area contributed by atoms with E-state index in [1.54, 1.807) is 46.8 Å². The predicted octanol–water partition coefficient (Wildman–Crippen LogP) is -0.563. The molecule has 5 heterocycles. The first-order valence-corrected chi connectivity index (χ1v) is 13.0. The number of carbonyl (C=O) groups is 2. The third-order valence-corrected chi connectivity index (χ3v) is 7.97. The molecule has 12 nitrogen and oxygen atoms in total. The molecule has 3 aliphatic rings. The van der Waals surface area contributed by atoms with Crippen LogP contribution < -0.4 is 21.5 Å². The van der Waals surface area contributed by atoms with Gasteiger partial charge >= 0.3 is 5.69 Å². The number of ether oxygens (including phenoxy) is 1. The third kappa shape index (κ3) is 4.13. The molecule has 2 aromatic heterocycles. The van der Waals surface area contributed by atoms with Crippen LogP contribution in [-0.2, 0) is 29.7 Å². The SMILES string of the molecule is Cn1c(=O)n(CC(=O)c2ccccc2)c(=O)c2c1nc(N1CCC3CNCC31)n2CC(=O)N1CCOCC1. The Kier molecular flexibility index (Phi) is 6.36. The molecule has 0 saturated carbocycles. The second-order valence-corrected chi connectivity index (χ2v) is 10.2. The van der Waals surface area contributed by atoms with Gasteiger partial charge < -0.3 is 19.9 Å². The van der Waals surface area contributed by atoms with Crippen LogP contribution in [0, 0.1) is 5.92 Å². The number of ketones is 1. The average Bonchev–Trinajstić information content (AvgIpc) is 3.66. The summed E-state index contributed by atoms with van der Waals surface area (Å²) in [5.41, 5.74) is -0.470. The van der Waals surface area contributed by atoms with Crippen molar-refractivity contribution < 1.29 is 14.3 Å². The Morgan fingerprint density at radius 1 is 1.03 bits per heavy atom. The lowest BCUT2D eigenvalue weighted by atomic mass is 10.1. The van der Waals surface area contributed by atoms with Gasteiger partial charge in [-0.1, -0.05) is 30.3 Å². The van der Waals surface area contributed by atoms with Gasteiger partial charge in [-0.15, -0.1) is 0 Å². The Bertz CT molecular complexity index is 1500. The number of aromatic nitrogens is 4. The van der Waals surface area contributed by atoms with Gasteiger partial charge in [-0.3, -0.25) is 28.1 Å². The maximum absolute atomic E-state index is 13.9. The van der Waals surface area contributed by atoms with Crippen molar-refractivity contribution in [3.8, 4) is 0 Å². The molecule has 0 spiro atoms. The third-order valence-electron chi connectivity index (χ3n) is 7.97. The van der Waals surface area contributed by atoms with E-state index in [0.717, 1.165) is 30.6 Å². The molecular formula is C26H31N7O5. The lowest BCUT2D eigenvalue weighted by molar-refractivity contribution is -0.135. The summed E-state index contributed by atoms with van der Waals surface area (Å²) in [5.74, 6) is 0.479. The van der Waals surface area contributed by atoms with E-state index >= 15 is 0 Å². The smallest absolute Gasteiger partial charge is 0.332 e. The van der Waals surface area contributed by atoms with E-state index < -0.39 is 17.8 Å². The Hall–Kier alpha value is -3.77. The van der Waals surface area contributed by atoms with Gasteiger partial charge in [-0.05, 0) is 12.3 Å². The maximum Gasteiger partial charge on any atom is 0.332 e. The topological polar surface area (TPSA) is 124 Å². The molecule has 38 heavy (non-hydrogen) atoms. The summed E-state index contributed by atoms with van der Waals surface area (Å²) in [7, 11) is 1.54. The number of nitrogens with zero attached hydrogens (tertiary/aromatic N) is 6. The van der Waals surface area contributed by atoms with Gasteiger partial charge in [0.1, 0.15) is 6.54 Å². The van der Waals surface area contributed by atoms with Crippen LogP contribution in [0.1, 0.15) is 16.8 Å². The van der Waals surface area contributed by atoms with Crippen molar-refractivity contribution >= 4 is 28.8 Å². The Balaban J connectivity index is 1.47. The first-order valence-electron chi connectivity index (χ1n) is 13.0. The molecule has 3 saturated heterocycles. The molecule has 12 heteroatoms.